The molecule has 4 aliphatic rings. The number of benzene rings is 3. The van der Waals surface area contributed by atoms with Crippen LogP contribution in [-0.4, -0.2) is 139 Å². The average molecular weight is 1260 g/mol. The Balaban J connectivity index is 0.805. The molecule has 0 saturated carbocycles. The average Bonchev–Trinajstić information content (AvgIpc) is 1.64. The highest BCUT2D eigenvalue weighted by molar-refractivity contribution is 5.97. The molecule has 3 aliphatic heterocycles. The zero-order valence-electron chi connectivity index (χ0n) is 53.8. The van der Waals surface area contributed by atoms with Gasteiger partial charge in [-0.2, -0.15) is 0 Å². The van der Waals surface area contributed by atoms with E-state index in [2.05, 4.69) is 69.3 Å². The number of aliphatic hydroxyl groups excluding tert-OH is 1. The molecule has 494 valence electrons. The lowest BCUT2D eigenvalue weighted by molar-refractivity contribution is -0.151. The Morgan fingerprint density at radius 3 is 2.18 bits per heavy atom. The van der Waals surface area contributed by atoms with E-state index >= 15 is 0 Å². The lowest BCUT2D eigenvalue weighted by Gasteiger charge is -2.39. The Kier molecular flexibility index (Phi) is 26.3. The van der Waals surface area contributed by atoms with E-state index in [4.69, 9.17) is 29.4 Å². The molecule has 91 heavy (non-hydrogen) atoms. The number of aliphatic hydroxyl groups is 1. The first-order valence-electron chi connectivity index (χ1n) is 32.0. The van der Waals surface area contributed by atoms with Crippen LogP contribution in [0.5, 0.6) is 0 Å². The van der Waals surface area contributed by atoms with Gasteiger partial charge in [-0.15, -0.1) is 0 Å². The third kappa shape index (κ3) is 21.3. The normalized spacial score (nSPS) is 22.6. The first kappa shape index (κ1) is 70.5. The molecule has 3 fully saturated rings. The predicted molar refractivity (Wildman–Crippen MR) is 344 cm³/mol. The van der Waals surface area contributed by atoms with E-state index in [1.54, 1.807) is 36.4 Å². The summed E-state index contributed by atoms with van der Waals surface area (Å²) in [6.45, 7) is 14.6. The molecule has 0 aromatic heterocycles. The number of ether oxygens (including phenoxy) is 5. The number of epoxide rings is 1. The van der Waals surface area contributed by atoms with E-state index in [0.717, 1.165) is 39.3 Å². The number of carbonyl (C=O) groups is 8. The second-order valence-electron chi connectivity index (χ2n) is 25.3. The number of urea groups is 1. The standard InChI is InChI=1S/C69H94N8O14/c1-42(2)23-32-61(80)74-56-35-45(6)58(90-46(56)7)30-24-44(5)25-31-59-64(82)69(41-89-69)38-50(91-59)37-62(81)77(8)76-68(86)87-39-47-26-28-49(29-27-47)73-65(83)48(17-16-34-71-66(70)84)36-57(78)63(43(3)4)75-60(79)22-10-9-15-33-72-67(85)88-40-55-53-20-13-11-18-51(53)52-19-12-14-21-54(52)55/h11-14,18-21,23-29,31-32,42-43,45-46,48,50,55-56,58-59,63-64,82H,9-10,15-17,22,30,33-41H2,1-8H3,(H,72,85)(H,73,83)(H,74,80)(H,75,79)(H,76,86)(H3,70,71,84)/b31-25+,32-23-,44-24+/t45-,46+,48+,50+,56+,58-,59+,63-,64+,69+/m0/s1. The van der Waals surface area contributed by atoms with Gasteiger partial charge >= 0.3 is 18.2 Å². The number of ketones is 1. The Labute approximate surface area is 534 Å². The number of allylic oxidation sites excluding steroid dienone is 3. The number of hydrogen-bond donors (Lipinski definition) is 8. The number of anilines is 1. The summed E-state index contributed by atoms with van der Waals surface area (Å²) < 4.78 is 29.4. The second kappa shape index (κ2) is 33.9. The highest BCUT2D eigenvalue weighted by Crippen LogP contribution is 2.45. The minimum absolute atomic E-state index is 0.0404. The van der Waals surface area contributed by atoms with Crippen molar-refractivity contribution in [2.45, 2.75) is 180 Å². The molecule has 7 rings (SSSR count). The number of Topliss-reactive ketones (excluding diaryl/α,β-unsaturated/α-hetero) is 1. The lowest BCUT2D eigenvalue weighted by Crippen LogP contribution is -2.52. The summed E-state index contributed by atoms with van der Waals surface area (Å²) in [5, 5.41) is 26.4. The van der Waals surface area contributed by atoms with Gasteiger partial charge in [-0.05, 0) is 116 Å². The Morgan fingerprint density at radius 1 is 0.835 bits per heavy atom. The molecule has 3 heterocycles. The zero-order chi connectivity index (χ0) is 65.8. The predicted octanol–water partition coefficient (Wildman–Crippen LogP) is 8.57. The lowest BCUT2D eigenvalue weighted by atomic mass is 9.87. The molecule has 22 nitrogen and oxygen atoms in total. The summed E-state index contributed by atoms with van der Waals surface area (Å²) >= 11 is 0. The third-order valence-corrected chi connectivity index (χ3v) is 17.2. The van der Waals surface area contributed by atoms with E-state index < -0.39 is 65.9 Å². The smallest absolute Gasteiger partial charge is 0.426 e. The number of carbonyl (C=O) groups excluding carboxylic acids is 8. The summed E-state index contributed by atoms with van der Waals surface area (Å²) in [6, 6.07) is 21.1. The third-order valence-electron chi connectivity index (χ3n) is 17.2. The minimum Gasteiger partial charge on any atom is -0.449 e. The maximum Gasteiger partial charge on any atom is 0.426 e. The largest absolute Gasteiger partial charge is 0.449 e. The molecular formula is C69H94N8O14. The van der Waals surface area contributed by atoms with Gasteiger partial charge in [-0.25, -0.2) is 19.8 Å². The highest BCUT2D eigenvalue weighted by atomic mass is 16.6. The maximum atomic E-state index is 13.9. The molecule has 9 N–H and O–H groups in total. The number of alkyl carbamates (subject to hydrolysis) is 1. The van der Waals surface area contributed by atoms with E-state index in [9.17, 15) is 43.5 Å². The molecule has 0 unspecified atom stereocenters. The van der Waals surface area contributed by atoms with Crippen LogP contribution >= 0.6 is 0 Å². The highest BCUT2D eigenvalue weighted by Gasteiger charge is 2.58. The molecule has 22 heteroatoms. The van der Waals surface area contributed by atoms with Crippen molar-refractivity contribution < 1.29 is 67.1 Å². The van der Waals surface area contributed by atoms with Crippen molar-refractivity contribution in [2.24, 2.45) is 29.4 Å². The van der Waals surface area contributed by atoms with Crippen molar-refractivity contribution in [1.82, 2.24) is 31.7 Å². The van der Waals surface area contributed by atoms with Gasteiger partial charge in [-0.1, -0.05) is 132 Å². The number of amides is 8. The number of unbranched alkanes of at least 4 members (excludes halogenated alkanes) is 2. The van der Waals surface area contributed by atoms with Crippen molar-refractivity contribution in [3.63, 3.8) is 0 Å². The summed E-state index contributed by atoms with van der Waals surface area (Å²) in [4.78, 5) is 104. The number of rotatable bonds is 30. The summed E-state index contributed by atoms with van der Waals surface area (Å²) in [6.07, 6.45) is 9.17. The van der Waals surface area contributed by atoms with Crippen LogP contribution in [0.25, 0.3) is 11.1 Å². The Hall–Kier alpha value is -7.92. The fourth-order valence-electron chi connectivity index (χ4n) is 11.8. The van der Waals surface area contributed by atoms with Gasteiger partial charge in [0.2, 0.25) is 23.6 Å². The molecule has 1 aliphatic carbocycles. The molecule has 3 aromatic carbocycles. The quantitative estimate of drug-likeness (QED) is 0.0102. The van der Waals surface area contributed by atoms with Crippen molar-refractivity contribution in [2.75, 3.05) is 38.7 Å². The number of nitrogens with one attached hydrogen (secondary N) is 6. The van der Waals surface area contributed by atoms with E-state index in [0.29, 0.717) is 56.5 Å². The van der Waals surface area contributed by atoms with Gasteiger partial charge in [0.05, 0.1) is 43.4 Å². The van der Waals surface area contributed by atoms with Crippen LogP contribution < -0.4 is 37.7 Å². The number of hydrogen-bond acceptors (Lipinski definition) is 14. The van der Waals surface area contributed by atoms with Crippen molar-refractivity contribution in [1.29, 1.82) is 0 Å². The van der Waals surface area contributed by atoms with Gasteiger partial charge in [-0.3, -0.25) is 29.0 Å². The van der Waals surface area contributed by atoms with Gasteiger partial charge in [0.1, 0.15) is 31.0 Å². The summed E-state index contributed by atoms with van der Waals surface area (Å²) in [5.74, 6) is -2.34. The van der Waals surface area contributed by atoms with E-state index in [1.165, 1.54) is 7.05 Å². The number of nitrogens with zero attached hydrogens (tertiary/aromatic N) is 1. The van der Waals surface area contributed by atoms with E-state index in [1.807, 2.05) is 78.0 Å². The van der Waals surface area contributed by atoms with Crippen LogP contribution in [0.15, 0.2) is 109 Å². The van der Waals surface area contributed by atoms with Crippen LogP contribution in [0.2, 0.25) is 0 Å². The molecule has 10 atom stereocenters. The second-order valence-corrected chi connectivity index (χ2v) is 25.3. The van der Waals surface area contributed by atoms with Gasteiger partial charge < -0.3 is 61.1 Å². The Morgan fingerprint density at radius 2 is 1.52 bits per heavy atom. The van der Waals surface area contributed by atoms with Crippen molar-refractivity contribution in [3.05, 3.63) is 125 Å². The summed E-state index contributed by atoms with van der Waals surface area (Å²) in [5.41, 5.74) is 13.3. The molecule has 3 saturated heterocycles. The monoisotopic (exact) mass is 1260 g/mol. The Bertz CT molecular complexity index is 3040. The van der Waals surface area contributed by atoms with Gasteiger partial charge in [0.15, 0.2) is 5.78 Å². The zero-order valence-corrected chi connectivity index (χ0v) is 53.8. The molecule has 3 aromatic rings. The first-order valence-corrected chi connectivity index (χ1v) is 32.0. The van der Waals surface area contributed by atoms with Crippen LogP contribution in [-0.2, 0) is 54.3 Å². The number of fused-ring (bicyclic) bond motifs is 3. The van der Waals surface area contributed by atoms with Crippen LogP contribution in [0.4, 0.5) is 20.1 Å². The first-order chi connectivity index (χ1) is 43.5. The van der Waals surface area contributed by atoms with Gasteiger partial charge in [0, 0.05) is 56.9 Å². The number of primary amides is 1. The van der Waals surface area contributed by atoms with Crippen LogP contribution in [0.3, 0.4) is 0 Å². The van der Waals surface area contributed by atoms with Crippen LogP contribution in [0.1, 0.15) is 142 Å². The molecule has 0 radical (unpaired) electrons. The summed E-state index contributed by atoms with van der Waals surface area (Å²) in [7, 11) is 1.39. The molecule has 1 spiro atoms. The van der Waals surface area contributed by atoms with Crippen molar-refractivity contribution >= 4 is 53.3 Å². The fraction of sp³-hybridized carbons (Fsp3) is 0.536. The van der Waals surface area contributed by atoms with E-state index in [-0.39, 0.29) is 111 Å². The fourth-order valence-corrected chi connectivity index (χ4v) is 11.8. The number of nitrogens with two attached hydrogens (primary N) is 1. The van der Waals surface area contributed by atoms with Crippen LogP contribution in [0, 0.1) is 23.7 Å². The maximum absolute atomic E-state index is 13.9. The number of hydrazine groups is 1. The van der Waals surface area contributed by atoms with Gasteiger partial charge in [0.25, 0.3) is 0 Å². The molecule has 8 amide bonds. The minimum atomic E-state index is -0.955. The van der Waals surface area contributed by atoms with Crippen molar-refractivity contribution in [3.8, 4) is 11.1 Å². The molecular weight excluding hydrogens is 1160 g/mol. The molecule has 0 bridgehead atoms. The SMILES string of the molecule is CC(/C=C/[C@H]1O[C@H](CC(=O)N(C)NC(=O)OCc2ccc(NC(=O)[C@H](CCCNC(N)=O)CC(=O)[C@@H](NC(=O)CCCCCNC(=O)OCC3c4ccccc4-c4ccccc43)C(C)C)cc2)C[C@@]2(CO2)[C@@H]1O)=C\C[C@@H]1O[C@H](C)[C@H](NC(=O)/C=C\C(C)C)C[C@@H]1C. The topological polar surface area (TPSA) is 308 Å².